The van der Waals surface area contributed by atoms with Gasteiger partial charge >= 0.3 is 0 Å². The number of benzene rings is 2. The SMILES string of the molecule is COc1ccc(C2COc3c(CC=C(C)C)c(OC)cc(OC)c3C2=O)c2c1C=CC(C)(C)O2. The van der Waals surface area contributed by atoms with Gasteiger partial charge in [-0.15, -0.1) is 0 Å². The average molecular weight is 465 g/mol. The lowest BCUT2D eigenvalue weighted by Crippen LogP contribution is -2.32. The van der Waals surface area contributed by atoms with E-state index in [2.05, 4.69) is 6.08 Å². The number of fused-ring (bicyclic) bond motifs is 2. The Labute approximate surface area is 201 Å². The van der Waals surface area contributed by atoms with Gasteiger partial charge in [-0.1, -0.05) is 17.7 Å². The molecular formula is C28H32O6. The maximum Gasteiger partial charge on any atom is 0.181 e. The van der Waals surface area contributed by atoms with Crippen LogP contribution in [0.15, 0.2) is 35.9 Å². The third-order valence-corrected chi connectivity index (χ3v) is 6.22. The van der Waals surface area contributed by atoms with E-state index in [0.29, 0.717) is 40.7 Å². The Balaban J connectivity index is 1.85. The quantitative estimate of drug-likeness (QED) is 0.506. The maximum absolute atomic E-state index is 14.0. The lowest BCUT2D eigenvalue weighted by Gasteiger charge is -2.33. The van der Waals surface area contributed by atoms with Crippen LogP contribution in [0.1, 0.15) is 60.7 Å². The summed E-state index contributed by atoms with van der Waals surface area (Å²) in [5.41, 5.74) is 3.53. The average Bonchev–Trinajstić information content (AvgIpc) is 2.81. The third-order valence-electron chi connectivity index (χ3n) is 6.22. The second-order valence-electron chi connectivity index (χ2n) is 9.32. The van der Waals surface area contributed by atoms with Crippen molar-refractivity contribution in [3.63, 3.8) is 0 Å². The minimum atomic E-state index is -0.548. The summed E-state index contributed by atoms with van der Waals surface area (Å²) < 4.78 is 29.4. The third kappa shape index (κ3) is 4.13. The lowest BCUT2D eigenvalue weighted by atomic mass is 9.84. The van der Waals surface area contributed by atoms with Crippen LogP contribution < -0.4 is 23.7 Å². The fourth-order valence-electron chi connectivity index (χ4n) is 4.44. The topological polar surface area (TPSA) is 63.2 Å². The van der Waals surface area contributed by atoms with Gasteiger partial charge in [0.1, 0.15) is 46.5 Å². The molecule has 2 aromatic rings. The minimum absolute atomic E-state index is 0.0671. The highest BCUT2D eigenvalue weighted by atomic mass is 16.5. The van der Waals surface area contributed by atoms with E-state index in [-0.39, 0.29) is 12.4 Å². The molecule has 2 heterocycles. The number of carbonyl (C=O) groups is 1. The summed E-state index contributed by atoms with van der Waals surface area (Å²) in [4.78, 5) is 14.0. The molecule has 0 saturated carbocycles. The van der Waals surface area contributed by atoms with Crippen molar-refractivity contribution in [2.45, 2.75) is 45.6 Å². The van der Waals surface area contributed by atoms with Crippen molar-refractivity contribution in [2.24, 2.45) is 0 Å². The molecule has 2 aliphatic heterocycles. The van der Waals surface area contributed by atoms with Gasteiger partial charge in [-0.3, -0.25) is 4.79 Å². The van der Waals surface area contributed by atoms with Gasteiger partial charge in [-0.2, -0.15) is 0 Å². The van der Waals surface area contributed by atoms with Crippen molar-refractivity contribution in [3.8, 4) is 28.7 Å². The van der Waals surface area contributed by atoms with Gasteiger partial charge in [-0.25, -0.2) is 0 Å². The number of methoxy groups -OCH3 is 3. The molecule has 4 rings (SSSR count). The Morgan fingerprint density at radius 3 is 2.41 bits per heavy atom. The van der Waals surface area contributed by atoms with Crippen molar-refractivity contribution in [1.29, 1.82) is 0 Å². The fourth-order valence-corrected chi connectivity index (χ4v) is 4.44. The monoisotopic (exact) mass is 464 g/mol. The van der Waals surface area contributed by atoms with E-state index >= 15 is 0 Å². The van der Waals surface area contributed by atoms with Gasteiger partial charge in [0.25, 0.3) is 0 Å². The molecular weight excluding hydrogens is 432 g/mol. The number of Topliss-reactive ketones (excluding diaryl/α,β-unsaturated/α-hetero) is 1. The predicted octanol–water partition coefficient (Wildman–Crippen LogP) is 5.76. The van der Waals surface area contributed by atoms with E-state index in [0.717, 1.165) is 16.7 Å². The Kier molecular flexibility index (Phi) is 6.34. The van der Waals surface area contributed by atoms with Crippen molar-refractivity contribution in [3.05, 3.63) is 58.2 Å². The molecule has 0 bridgehead atoms. The summed E-state index contributed by atoms with van der Waals surface area (Å²) >= 11 is 0. The van der Waals surface area contributed by atoms with Crippen LogP contribution in [0, 0.1) is 0 Å². The minimum Gasteiger partial charge on any atom is -0.496 e. The second kappa shape index (κ2) is 9.09. The van der Waals surface area contributed by atoms with Crippen LogP contribution >= 0.6 is 0 Å². The smallest absolute Gasteiger partial charge is 0.181 e. The number of ether oxygens (including phenoxy) is 5. The summed E-state index contributed by atoms with van der Waals surface area (Å²) in [7, 11) is 4.78. The first-order valence-corrected chi connectivity index (χ1v) is 11.4. The standard InChI is InChI=1S/C28H32O6/c1-16(2)8-9-18-22(31-6)14-23(32-7)24-25(29)20(15-33-27(18)24)17-10-11-21(30-5)19-12-13-28(3,4)34-26(17)19/h8,10-14,20H,9,15H2,1-7H3. The van der Waals surface area contributed by atoms with E-state index < -0.39 is 11.5 Å². The van der Waals surface area contributed by atoms with Crippen molar-refractivity contribution in [2.75, 3.05) is 27.9 Å². The molecule has 0 aromatic heterocycles. The predicted molar refractivity (Wildman–Crippen MR) is 132 cm³/mol. The lowest BCUT2D eigenvalue weighted by molar-refractivity contribution is 0.0881. The number of ketones is 1. The van der Waals surface area contributed by atoms with Gasteiger partial charge in [0, 0.05) is 17.2 Å². The Morgan fingerprint density at radius 1 is 1.06 bits per heavy atom. The van der Waals surface area contributed by atoms with Crippen LogP contribution in [0.4, 0.5) is 0 Å². The highest BCUT2D eigenvalue weighted by Crippen LogP contribution is 2.48. The van der Waals surface area contributed by atoms with E-state index in [4.69, 9.17) is 23.7 Å². The summed E-state index contributed by atoms with van der Waals surface area (Å²) in [6, 6.07) is 5.53. The molecule has 0 aliphatic carbocycles. The first-order valence-electron chi connectivity index (χ1n) is 11.4. The maximum atomic E-state index is 14.0. The van der Waals surface area contributed by atoms with Crippen molar-refractivity contribution >= 4 is 11.9 Å². The second-order valence-corrected chi connectivity index (χ2v) is 9.32. The first kappa shape index (κ1) is 23.7. The Hall–Kier alpha value is -3.41. The molecule has 0 amide bonds. The number of allylic oxidation sites excluding steroid dienone is 2. The van der Waals surface area contributed by atoms with E-state index in [1.165, 1.54) is 5.57 Å². The molecule has 2 aromatic carbocycles. The highest BCUT2D eigenvalue weighted by molar-refractivity contribution is 6.07. The molecule has 1 unspecified atom stereocenters. The largest absolute Gasteiger partial charge is 0.496 e. The first-order chi connectivity index (χ1) is 16.2. The zero-order valence-electron chi connectivity index (χ0n) is 20.9. The molecule has 180 valence electrons. The van der Waals surface area contributed by atoms with Gasteiger partial charge in [-0.05, 0) is 52.3 Å². The Morgan fingerprint density at radius 2 is 1.76 bits per heavy atom. The van der Waals surface area contributed by atoms with Crippen LogP contribution in [0.3, 0.4) is 0 Å². The number of carbonyl (C=O) groups excluding carboxylic acids is 1. The molecule has 0 spiro atoms. The zero-order chi connectivity index (χ0) is 24.6. The molecule has 0 radical (unpaired) electrons. The fraction of sp³-hybridized carbons (Fsp3) is 0.393. The summed E-state index contributed by atoms with van der Waals surface area (Å²) in [5.74, 6) is 2.33. The van der Waals surface area contributed by atoms with Crippen LogP contribution in [0.2, 0.25) is 0 Å². The van der Waals surface area contributed by atoms with Gasteiger partial charge in [0.05, 0.1) is 32.8 Å². The van der Waals surface area contributed by atoms with Crippen LogP contribution in [0.25, 0.3) is 6.08 Å². The van der Waals surface area contributed by atoms with Crippen molar-refractivity contribution < 1.29 is 28.5 Å². The molecule has 1 atom stereocenters. The van der Waals surface area contributed by atoms with E-state index in [1.807, 2.05) is 52.0 Å². The van der Waals surface area contributed by atoms with Crippen molar-refractivity contribution in [1.82, 2.24) is 0 Å². The molecule has 0 saturated heterocycles. The van der Waals surface area contributed by atoms with Gasteiger partial charge in [0.15, 0.2) is 5.78 Å². The summed E-state index contributed by atoms with van der Waals surface area (Å²) in [5, 5.41) is 0. The molecule has 6 heteroatoms. The molecule has 2 aliphatic rings. The van der Waals surface area contributed by atoms with Gasteiger partial charge in [0.2, 0.25) is 0 Å². The van der Waals surface area contributed by atoms with Crippen LogP contribution in [-0.2, 0) is 6.42 Å². The van der Waals surface area contributed by atoms with Crippen LogP contribution in [0.5, 0.6) is 28.7 Å². The normalized spacial score (nSPS) is 17.6. The molecule has 0 fully saturated rings. The van der Waals surface area contributed by atoms with Crippen LogP contribution in [-0.4, -0.2) is 39.3 Å². The zero-order valence-corrected chi connectivity index (χ0v) is 20.9. The number of hydrogen-bond acceptors (Lipinski definition) is 6. The highest BCUT2D eigenvalue weighted by Gasteiger charge is 2.39. The molecule has 6 nitrogen and oxygen atoms in total. The number of rotatable bonds is 6. The molecule has 34 heavy (non-hydrogen) atoms. The number of hydrogen-bond donors (Lipinski definition) is 0. The molecule has 0 N–H and O–H groups in total. The summed E-state index contributed by atoms with van der Waals surface area (Å²) in [6.07, 6.45) is 6.66. The Bertz CT molecular complexity index is 1180. The van der Waals surface area contributed by atoms with Gasteiger partial charge < -0.3 is 23.7 Å². The van der Waals surface area contributed by atoms with E-state index in [9.17, 15) is 4.79 Å². The summed E-state index contributed by atoms with van der Waals surface area (Å²) in [6.45, 7) is 8.22. The van der Waals surface area contributed by atoms with E-state index in [1.54, 1.807) is 27.4 Å².